The van der Waals surface area contributed by atoms with Crippen LogP contribution in [0.2, 0.25) is 0 Å². The molecule has 0 saturated carbocycles. The van der Waals surface area contributed by atoms with Crippen molar-refractivity contribution >= 4 is 23.4 Å². The highest BCUT2D eigenvalue weighted by Crippen LogP contribution is 2.24. The molecule has 0 aliphatic heterocycles. The average molecular weight is 266 g/mol. The fourth-order valence-electron chi connectivity index (χ4n) is 1.43. The van der Waals surface area contributed by atoms with Gasteiger partial charge < -0.3 is 4.74 Å². The van der Waals surface area contributed by atoms with E-state index in [0.29, 0.717) is 5.56 Å². The summed E-state index contributed by atoms with van der Waals surface area (Å²) in [6.45, 7) is 3.28. The van der Waals surface area contributed by atoms with Crippen molar-refractivity contribution in [3.8, 4) is 6.07 Å². The molecule has 0 aromatic heterocycles. The standard InChI is InChI=1S/C13H12ClNO3/c1-3-18-13(17)11-5-4-9(6-10(11)7-15)12(14)8(2)16/h4-6,12H,3H2,1-2H3. The first-order chi connectivity index (χ1) is 8.51. The predicted octanol–water partition coefficient (Wildman–Crippen LogP) is 2.60. The van der Waals surface area contributed by atoms with Crippen LogP contribution in [-0.2, 0) is 9.53 Å². The first-order valence-corrected chi connectivity index (χ1v) is 5.80. The van der Waals surface area contributed by atoms with Crippen LogP contribution in [0.1, 0.15) is 40.7 Å². The maximum absolute atomic E-state index is 11.6. The number of halogens is 1. The van der Waals surface area contributed by atoms with E-state index in [4.69, 9.17) is 21.6 Å². The number of rotatable bonds is 4. The lowest BCUT2D eigenvalue weighted by molar-refractivity contribution is -0.116. The van der Waals surface area contributed by atoms with E-state index < -0.39 is 11.3 Å². The third kappa shape index (κ3) is 3.08. The minimum Gasteiger partial charge on any atom is -0.462 e. The van der Waals surface area contributed by atoms with Gasteiger partial charge in [-0.15, -0.1) is 11.6 Å². The van der Waals surface area contributed by atoms with Crippen molar-refractivity contribution < 1.29 is 14.3 Å². The van der Waals surface area contributed by atoms with Crippen LogP contribution in [0.15, 0.2) is 18.2 Å². The first kappa shape index (κ1) is 14.2. The maximum Gasteiger partial charge on any atom is 0.339 e. The van der Waals surface area contributed by atoms with Crippen molar-refractivity contribution in [3.05, 3.63) is 34.9 Å². The summed E-state index contributed by atoms with van der Waals surface area (Å²) in [6.07, 6.45) is 0. The number of hydrogen-bond acceptors (Lipinski definition) is 4. The van der Waals surface area contributed by atoms with Crippen molar-refractivity contribution in [3.63, 3.8) is 0 Å². The fourth-order valence-corrected chi connectivity index (χ4v) is 1.57. The van der Waals surface area contributed by atoms with E-state index in [1.807, 2.05) is 6.07 Å². The van der Waals surface area contributed by atoms with Crippen LogP contribution in [0.25, 0.3) is 0 Å². The van der Waals surface area contributed by atoms with Gasteiger partial charge in [0.2, 0.25) is 0 Å². The number of carbonyl (C=O) groups excluding carboxylic acids is 2. The molecular weight excluding hydrogens is 254 g/mol. The molecule has 1 aromatic rings. The Balaban J connectivity index is 3.16. The van der Waals surface area contributed by atoms with Crippen LogP contribution in [0.5, 0.6) is 0 Å². The van der Waals surface area contributed by atoms with E-state index in [1.54, 1.807) is 13.0 Å². The molecule has 0 radical (unpaired) electrons. The summed E-state index contributed by atoms with van der Waals surface area (Å²) in [7, 11) is 0. The van der Waals surface area contributed by atoms with Crippen LogP contribution in [0, 0.1) is 11.3 Å². The number of carbonyl (C=O) groups is 2. The van der Waals surface area contributed by atoms with Crippen LogP contribution in [0.3, 0.4) is 0 Å². The summed E-state index contributed by atoms with van der Waals surface area (Å²) in [6, 6.07) is 6.33. The second-order valence-corrected chi connectivity index (χ2v) is 4.05. The molecule has 1 rings (SSSR count). The zero-order chi connectivity index (χ0) is 13.7. The van der Waals surface area contributed by atoms with Crippen LogP contribution < -0.4 is 0 Å². The quantitative estimate of drug-likeness (QED) is 0.620. The predicted molar refractivity (Wildman–Crippen MR) is 66.4 cm³/mol. The second kappa shape index (κ2) is 6.18. The highest BCUT2D eigenvalue weighted by atomic mass is 35.5. The minimum absolute atomic E-state index is 0.151. The fraction of sp³-hybridized carbons (Fsp3) is 0.308. The van der Waals surface area contributed by atoms with Crippen molar-refractivity contribution in [1.82, 2.24) is 0 Å². The van der Waals surface area contributed by atoms with Gasteiger partial charge in [-0.1, -0.05) is 6.07 Å². The molecule has 0 N–H and O–H groups in total. The zero-order valence-corrected chi connectivity index (χ0v) is 10.8. The van der Waals surface area contributed by atoms with Gasteiger partial charge in [0, 0.05) is 0 Å². The van der Waals surface area contributed by atoms with Gasteiger partial charge in [0.15, 0.2) is 5.78 Å². The number of Topliss-reactive ketones (excluding diaryl/α,β-unsaturated/α-hetero) is 1. The van der Waals surface area contributed by atoms with Gasteiger partial charge in [-0.05, 0) is 31.5 Å². The summed E-state index contributed by atoms with van der Waals surface area (Å²) in [5.74, 6) is -0.779. The Morgan fingerprint density at radius 3 is 2.67 bits per heavy atom. The van der Waals surface area contributed by atoms with Crippen molar-refractivity contribution in [2.24, 2.45) is 0 Å². The van der Waals surface area contributed by atoms with E-state index in [0.717, 1.165) is 0 Å². The SMILES string of the molecule is CCOC(=O)c1ccc(C(Cl)C(C)=O)cc1C#N. The molecular formula is C13H12ClNO3. The summed E-state index contributed by atoms with van der Waals surface area (Å²) in [4.78, 5) is 22.7. The van der Waals surface area contributed by atoms with Crippen LogP contribution in [-0.4, -0.2) is 18.4 Å². The third-order valence-electron chi connectivity index (χ3n) is 2.31. The van der Waals surface area contributed by atoms with E-state index in [9.17, 15) is 9.59 Å². The molecule has 0 spiro atoms. The number of ether oxygens (including phenoxy) is 1. The molecule has 4 nitrogen and oxygen atoms in total. The Bertz CT molecular complexity index is 519. The lowest BCUT2D eigenvalue weighted by atomic mass is 10.0. The number of nitriles is 1. The molecule has 0 amide bonds. The van der Waals surface area contributed by atoms with Gasteiger partial charge in [-0.25, -0.2) is 4.79 Å². The van der Waals surface area contributed by atoms with Gasteiger partial charge in [0.1, 0.15) is 11.4 Å². The molecule has 0 fully saturated rings. The minimum atomic E-state index is -0.812. The van der Waals surface area contributed by atoms with Gasteiger partial charge in [-0.3, -0.25) is 4.79 Å². The van der Waals surface area contributed by atoms with Crippen molar-refractivity contribution in [2.75, 3.05) is 6.61 Å². The van der Waals surface area contributed by atoms with E-state index in [-0.39, 0.29) is 23.5 Å². The first-order valence-electron chi connectivity index (χ1n) is 5.37. The molecule has 0 saturated heterocycles. The summed E-state index contributed by atoms with van der Waals surface area (Å²) in [5, 5.41) is 8.18. The van der Waals surface area contributed by atoms with Gasteiger partial charge in [-0.2, -0.15) is 5.26 Å². The lowest BCUT2D eigenvalue weighted by Gasteiger charge is -2.09. The number of benzene rings is 1. The van der Waals surface area contributed by atoms with E-state index >= 15 is 0 Å². The smallest absolute Gasteiger partial charge is 0.339 e. The summed E-state index contributed by atoms with van der Waals surface area (Å²) >= 11 is 5.89. The van der Waals surface area contributed by atoms with E-state index in [2.05, 4.69) is 0 Å². The molecule has 0 aliphatic carbocycles. The number of esters is 1. The molecule has 1 aromatic carbocycles. The molecule has 0 bridgehead atoms. The lowest BCUT2D eigenvalue weighted by Crippen LogP contribution is -2.09. The molecule has 5 heteroatoms. The number of nitrogens with zero attached hydrogens (tertiary/aromatic N) is 1. The Morgan fingerprint density at radius 1 is 1.50 bits per heavy atom. The summed E-state index contributed by atoms with van der Waals surface area (Å²) < 4.78 is 4.83. The normalized spacial score (nSPS) is 11.4. The van der Waals surface area contributed by atoms with Crippen molar-refractivity contribution in [2.45, 2.75) is 19.2 Å². The largest absolute Gasteiger partial charge is 0.462 e. The maximum atomic E-state index is 11.6. The average Bonchev–Trinajstić information content (AvgIpc) is 2.37. The van der Waals surface area contributed by atoms with Crippen molar-refractivity contribution in [1.29, 1.82) is 5.26 Å². The molecule has 0 aliphatic rings. The second-order valence-electron chi connectivity index (χ2n) is 3.61. The third-order valence-corrected chi connectivity index (χ3v) is 2.87. The molecule has 1 unspecified atom stereocenters. The molecule has 0 heterocycles. The molecule has 18 heavy (non-hydrogen) atoms. The monoisotopic (exact) mass is 265 g/mol. The summed E-state index contributed by atoms with van der Waals surface area (Å²) in [5.41, 5.74) is 0.821. The van der Waals surface area contributed by atoms with Gasteiger partial charge in [0.25, 0.3) is 0 Å². The number of hydrogen-bond donors (Lipinski definition) is 0. The Morgan fingerprint density at radius 2 is 2.17 bits per heavy atom. The van der Waals surface area contributed by atoms with Crippen LogP contribution >= 0.6 is 11.6 Å². The Kier molecular flexibility index (Phi) is 4.87. The molecule has 94 valence electrons. The van der Waals surface area contributed by atoms with Crippen LogP contribution in [0.4, 0.5) is 0 Å². The number of alkyl halides is 1. The Labute approximate surface area is 110 Å². The van der Waals surface area contributed by atoms with Gasteiger partial charge in [0.05, 0.1) is 17.7 Å². The zero-order valence-electron chi connectivity index (χ0n) is 10.1. The molecule has 1 atom stereocenters. The van der Waals surface area contributed by atoms with E-state index in [1.165, 1.54) is 19.1 Å². The number of ketones is 1. The van der Waals surface area contributed by atoms with Gasteiger partial charge >= 0.3 is 5.97 Å². The highest BCUT2D eigenvalue weighted by Gasteiger charge is 2.18. The topological polar surface area (TPSA) is 67.2 Å². The highest BCUT2D eigenvalue weighted by molar-refractivity contribution is 6.30. The Hall–Kier alpha value is -1.86.